The molecule has 0 bridgehead atoms. The van der Waals surface area contributed by atoms with Crippen LogP contribution in [-0.2, 0) is 0 Å². The molecule has 0 radical (unpaired) electrons. The highest BCUT2D eigenvalue weighted by Crippen LogP contribution is 2.14. The number of benzene rings is 1. The van der Waals surface area contributed by atoms with Gasteiger partial charge in [0.2, 0.25) is 5.91 Å². The van der Waals surface area contributed by atoms with Crippen molar-refractivity contribution < 1.29 is 9.59 Å². The van der Waals surface area contributed by atoms with E-state index in [4.69, 9.17) is 11.0 Å². The number of rotatable bonds is 3. The highest BCUT2D eigenvalue weighted by atomic mass is 16.2. The lowest BCUT2D eigenvalue weighted by molar-refractivity contribution is 0.0993. The lowest BCUT2D eigenvalue weighted by Crippen LogP contribution is -2.16. The van der Waals surface area contributed by atoms with E-state index in [1.165, 1.54) is 18.3 Å². The van der Waals surface area contributed by atoms with Crippen molar-refractivity contribution in [3.8, 4) is 6.07 Å². The summed E-state index contributed by atoms with van der Waals surface area (Å²) in [5.74, 6) is -1.08. The number of primary amides is 1. The zero-order chi connectivity index (χ0) is 14.5. The van der Waals surface area contributed by atoms with Crippen LogP contribution >= 0.6 is 0 Å². The summed E-state index contributed by atoms with van der Waals surface area (Å²) in [6.07, 6.45) is 1.23. The average molecular weight is 266 g/mol. The van der Waals surface area contributed by atoms with Crippen molar-refractivity contribution in [2.75, 3.05) is 5.32 Å². The Morgan fingerprint density at radius 3 is 2.55 bits per heavy atom. The average Bonchev–Trinajstić information content (AvgIpc) is 2.48. The number of anilines is 1. The van der Waals surface area contributed by atoms with Gasteiger partial charge in [-0.3, -0.25) is 14.6 Å². The first kappa shape index (κ1) is 13.2. The van der Waals surface area contributed by atoms with Crippen molar-refractivity contribution >= 4 is 17.5 Å². The molecule has 0 spiro atoms. The van der Waals surface area contributed by atoms with Gasteiger partial charge >= 0.3 is 0 Å². The number of carbonyl (C=O) groups excluding carboxylic acids is 2. The largest absolute Gasteiger partial charge is 0.366 e. The third-order valence-corrected chi connectivity index (χ3v) is 2.58. The summed E-state index contributed by atoms with van der Waals surface area (Å²) in [6, 6.07) is 11.4. The number of hydrogen-bond acceptors (Lipinski definition) is 4. The van der Waals surface area contributed by atoms with Crippen molar-refractivity contribution in [3.63, 3.8) is 0 Å². The van der Waals surface area contributed by atoms with E-state index in [-0.39, 0.29) is 11.3 Å². The fraction of sp³-hybridized carbons (Fsp3) is 0. The Labute approximate surface area is 114 Å². The summed E-state index contributed by atoms with van der Waals surface area (Å²) < 4.78 is 0. The van der Waals surface area contributed by atoms with Gasteiger partial charge in [0.15, 0.2) is 0 Å². The molecule has 0 aliphatic carbocycles. The molecule has 20 heavy (non-hydrogen) atoms. The molecule has 2 amide bonds. The van der Waals surface area contributed by atoms with Crippen LogP contribution in [0.2, 0.25) is 0 Å². The normalized spacial score (nSPS) is 9.55. The summed E-state index contributed by atoms with van der Waals surface area (Å²) >= 11 is 0. The van der Waals surface area contributed by atoms with Gasteiger partial charge in [0.05, 0.1) is 16.8 Å². The minimum absolute atomic E-state index is 0.128. The molecule has 98 valence electrons. The molecule has 0 fully saturated rings. The number of carbonyl (C=O) groups is 2. The van der Waals surface area contributed by atoms with E-state index >= 15 is 0 Å². The Kier molecular flexibility index (Phi) is 3.72. The van der Waals surface area contributed by atoms with E-state index in [2.05, 4.69) is 10.3 Å². The van der Waals surface area contributed by atoms with Crippen LogP contribution < -0.4 is 11.1 Å². The van der Waals surface area contributed by atoms with Crippen molar-refractivity contribution in [2.45, 2.75) is 0 Å². The molecule has 0 aliphatic rings. The SMILES string of the molecule is N#Cc1ccccc1NC(=O)c1ccc(C(N)=O)cn1. The summed E-state index contributed by atoms with van der Waals surface area (Å²) in [4.78, 5) is 26.7. The first-order chi connectivity index (χ1) is 9.61. The fourth-order valence-corrected chi connectivity index (χ4v) is 1.55. The van der Waals surface area contributed by atoms with E-state index in [1.807, 2.05) is 6.07 Å². The molecule has 0 saturated carbocycles. The third-order valence-electron chi connectivity index (χ3n) is 2.58. The molecule has 0 atom stereocenters. The first-order valence-electron chi connectivity index (χ1n) is 5.68. The van der Waals surface area contributed by atoms with Crippen LogP contribution in [0.1, 0.15) is 26.4 Å². The van der Waals surface area contributed by atoms with E-state index in [9.17, 15) is 9.59 Å². The number of aromatic nitrogens is 1. The van der Waals surface area contributed by atoms with Crippen LogP contribution in [0.25, 0.3) is 0 Å². The Bertz CT molecular complexity index is 702. The lowest BCUT2D eigenvalue weighted by Gasteiger charge is -2.06. The predicted octanol–water partition coefficient (Wildman–Crippen LogP) is 1.30. The summed E-state index contributed by atoms with van der Waals surface area (Å²) in [5.41, 5.74) is 6.19. The van der Waals surface area contributed by atoms with Crippen LogP contribution in [0.15, 0.2) is 42.6 Å². The van der Waals surface area contributed by atoms with Gasteiger partial charge in [-0.15, -0.1) is 0 Å². The molecule has 2 aromatic rings. The number of para-hydroxylation sites is 1. The second-order valence-corrected chi connectivity index (χ2v) is 3.91. The van der Waals surface area contributed by atoms with Crippen molar-refractivity contribution in [1.29, 1.82) is 5.26 Å². The van der Waals surface area contributed by atoms with Crippen molar-refractivity contribution in [1.82, 2.24) is 4.98 Å². The van der Waals surface area contributed by atoms with Crippen LogP contribution in [-0.4, -0.2) is 16.8 Å². The van der Waals surface area contributed by atoms with E-state index in [0.29, 0.717) is 11.3 Å². The van der Waals surface area contributed by atoms with E-state index < -0.39 is 11.8 Å². The number of nitrogens with zero attached hydrogens (tertiary/aromatic N) is 2. The molecule has 3 N–H and O–H groups in total. The lowest BCUT2D eigenvalue weighted by atomic mass is 10.2. The van der Waals surface area contributed by atoms with Gasteiger partial charge in [0, 0.05) is 6.20 Å². The van der Waals surface area contributed by atoms with Gasteiger partial charge in [0.1, 0.15) is 11.8 Å². The third kappa shape index (κ3) is 2.79. The number of amides is 2. The Hall–Kier alpha value is -3.20. The molecule has 1 aromatic heterocycles. The molecule has 0 unspecified atom stereocenters. The molecule has 0 aliphatic heterocycles. The minimum Gasteiger partial charge on any atom is -0.366 e. The maximum atomic E-state index is 12.0. The molecule has 6 nitrogen and oxygen atoms in total. The van der Waals surface area contributed by atoms with Gasteiger partial charge in [0.25, 0.3) is 5.91 Å². The maximum Gasteiger partial charge on any atom is 0.274 e. The zero-order valence-corrected chi connectivity index (χ0v) is 10.3. The fourth-order valence-electron chi connectivity index (χ4n) is 1.55. The predicted molar refractivity (Wildman–Crippen MR) is 71.9 cm³/mol. The van der Waals surface area contributed by atoms with Gasteiger partial charge in [-0.1, -0.05) is 12.1 Å². The highest BCUT2D eigenvalue weighted by Gasteiger charge is 2.10. The summed E-state index contributed by atoms with van der Waals surface area (Å²) in [5, 5.41) is 11.5. The monoisotopic (exact) mass is 266 g/mol. The van der Waals surface area contributed by atoms with Gasteiger partial charge in [-0.05, 0) is 24.3 Å². The maximum absolute atomic E-state index is 12.0. The Balaban J connectivity index is 2.20. The van der Waals surface area contributed by atoms with E-state index in [1.54, 1.807) is 24.3 Å². The van der Waals surface area contributed by atoms with Gasteiger partial charge in [-0.25, -0.2) is 0 Å². The number of nitrogens with one attached hydrogen (secondary N) is 1. The quantitative estimate of drug-likeness (QED) is 0.872. The van der Waals surface area contributed by atoms with E-state index in [0.717, 1.165) is 0 Å². The molecular formula is C14H10N4O2. The summed E-state index contributed by atoms with van der Waals surface area (Å²) in [7, 11) is 0. The van der Waals surface area contributed by atoms with Crippen LogP contribution in [0.4, 0.5) is 5.69 Å². The Morgan fingerprint density at radius 1 is 1.20 bits per heavy atom. The molecule has 6 heteroatoms. The molecule has 0 saturated heterocycles. The standard InChI is InChI=1S/C14H10N4O2/c15-7-9-3-1-2-4-11(9)18-14(20)12-6-5-10(8-17-12)13(16)19/h1-6,8H,(H2,16,19)(H,18,20). The van der Waals surface area contributed by atoms with Crippen molar-refractivity contribution in [2.24, 2.45) is 5.73 Å². The smallest absolute Gasteiger partial charge is 0.274 e. The van der Waals surface area contributed by atoms with Gasteiger partial charge < -0.3 is 11.1 Å². The van der Waals surface area contributed by atoms with Gasteiger partial charge in [-0.2, -0.15) is 5.26 Å². The molecule has 1 aromatic carbocycles. The molecular weight excluding hydrogens is 256 g/mol. The number of hydrogen-bond donors (Lipinski definition) is 2. The first-order valence-corrected chi connectivity index (χ1v) is 5.68. The van der Waals surface area contributed by atoms with Crippen LogP contribution in [0.3, 0.4) is 0 Å². The second-order valence-electron chi connectivity index (χ2n) is 3.91. The number of pyridine rings is 1. The Morgan fingerprint density at radius 2 is 1.95 bits per heavy atom. The number of nitrogens with two attached hydrogens (primary N) is 1. The van der Waals surface area contributed by atoms with Crippen LogP contribution in [0, 0.1) is 11.3 Å². The number of nitriles is 1. The second kappa shape index (κ2) is 5.63. The van der Waals surface area contributed by atoms with Crippen LogP contribution in [0.5, 0.6) is 0 Å². The zero-order valence-electron chi connectivity index (χ0n) is 10.3. The highest BCUT2D eigenvalue weighted by molar-refractivity contribution is 6.04. The molecule has 2 rings (SSSR count). The van der Waals surface area contributed by atoms with Crippen molar-refractivity contribution in [3.05, 3.63) is 59.4 Å². The topological polar surface area (TPSA) is 109 Å². The summed E-state index contributed by atoms with van der Waals surface area (Å²) in [6.45, 7) is 0. The molecule has 1 heterocycles. The minimum atomic E-state index is -0.612.